The van der Waals surface area contributed by atoms with Gasteiger partial charge in [0.15, 0.2) is 0 Å². The van der Waals surface area contributed by atoms with E-state index in [-0.39, 0.29) is 33.3 Å². The molecule has 1 aromatic heterocycles. The van der Waals surface area contributed by atoms with Crippen molar-refractivity contribution in [3.8, 4) is 11.1 Å². The van der Waals surface area contributed by atoms with Crippen LogP contribution in [0.15, 0.2) is 71.8 Å². The number of aromatic nitrogens is 1. The summed E-state index contributed by atoms with van der Waals surface area (Å²) in [6.45, 7) is 0. The monoisotopic (exact) mass is 491 g/mol. The van der Waals surface area contributed by atoms with E-state index in [0.29, 0.717) is 22.1 Å². The van der Waals surface area contributed by atoms with Crippen LogP contribution < -0.4 is 0 Å². The van der Waals surface area contributed by atoms with Crippen LogP contribution in [-0.4, -0.2) is 23.5 Å². The van der Waals surface area contributed by atoms with Gasteiger partial charge in [0.1, 0.15) is 10.7 Å². The van der Waals surface area contributed by atoms with Gasteiger partial charge in [-0.15, -0.1) is 0 Å². The van der Waals surface area contributed by atoms with E-state index in [1.165, 1.54) is 24.4 Å². The summed E-state index contributed by atoms with van der Waals surface area (Å²) in [6.07, 6.45) is 1.11. The van der Waals surface area contributed by atoms with Gasteiger partial charge in [-0.25, -0.2) is 16.8 Å². The third-order valence-corrected chi connectivity index (χ3v) is 7.75. The van der Waals surface area contributed by atoms with Gasteiger partial charge >= 0.3 is 5.97 Å². The Hall–Kier alpha value is -2.87. The minimum Gasteiger partial charge on any atom is -0.481 e. The zero-order valence-electron chi connectivity index (χ0n) is 16.4. The Morgan fingerprint density at radius 3 is 2.44 bits per heavy atom. The molecule has 32 heavy (non-hydrogen) atoms. The van der Waals surface area contributed by atoms with Gasteiger partial charge in [0.05, 0.1) is 15.6 Å². The van der Waals surface area contributed by atoms with Gasteiger partial charge < -0.3 is 5.11 Å². The molecule has 1 heterocycles. The molecule has 9 heteroatoms. The molecule has 0 spiro atoms. The molecule has 0 amide bonds. The van der Waals surface area contributed by atoms with Crippen LogP contribution >= 0.6 is 23.2 Å². The molecule has 0 unspecified atom stereocenters. The number of halogens is 3. The summed E-state index contributed by atoms with van der Waals surface area (Å²) in [4.78, 5) is 10.9. The molecule has 0 fully saturated rings. The van der Waals surface area contributed by atoms with Crippen LogP contribution in [0.4, 0.5) is 4.39 Å². The summed E-state index contributed by atoms with van der Waals surface area (Å²) < 4.78 is 42.7. The maximum Gasteiger partial charge on any atom is 0.303 e. The number of carboxylic acid groups (broad SMARTS) is 1. The van der Waals surface area contributed by atoms with Crippen LogP contribution in [0.5, 0.6) is 0 Å². The lowest BCUT2D eigenvalue weighted by molar-refractivity contribution is -0.136. The Bertz CT molecular complexity index is 1450. The quantitative estimate of drug-likeness (QED) is 0.358. The number of fused-ring (bicyclic) bond motifs is 1. The molecular weight excluding hydrogens is 476 g/mol. The molecule has 164 valence electrons. The number of carboxylic acids is 1. The summed E-state index contributed by atoms with van der Waals surface area (Å²) in [5, 5.41) is 9.29. The highest BCUT2D eigenvalue weighted by molar-refractivity contribution is 7.90. The van der Waals surface area contributed by atoms with Crippen molar-refractivity contribution >= 4 is 50.1 Å². The molecule has 0 aliphatic carbocycles. The van der Waals surface area contributed by atoms with Gasteiger partial charge in [-0.1, -0.05) is 59.6 Å². The number of carbonyl (C=O) groups is 1. The van der Waals surface area contributed by atoms with Crippen LogP contribution in [0.3, 0.4) is 0 Å². The summed E-state index contributed by atoms with van der Waals surface area (Å²) >= 11 is 12.6. The van der Waals surface area contributed by atoms with Crippen molar-refractivity contribution in [3.63, 3.8) is 0 Å². The van der Waals surface area contributed by atoms with Crippen molar-refractivity contribution in [1.82, 2.24) is 3.97 Å². The smallest absolute Gasteiger partial charge is 0.303 e. The molecule has 4 rings (SSSR count). The fourth-order valence-corrected chi connectivity index (χ4v) is 5.96. The second kappa shape index (κ2) is 8.58. The van der Waals surface area contributed by atoms with Crippen LogP contribution in [0, 0.1) is 5.82 Å². The number of hydrogen-bond donors (Lipinski definition) is 1. The fraction of sp³-hybridized carbons (Fsp3) is 0.0870. The number of rotatable bonds is 6. The first-order valence-electron chi connectivity index (χ1n) is 9.50. The van der Waals surface area contributed by atoms with Crippen molar-refractivity contribution in [2.75, 3.05) is 0 Å². The molecule has 0 atom stereocenters. The number of hydrogen-bond acceptors (Lipinski definition) is 3. The number of benzene rings is 3. The summed E-state index contributed by atoms with van der Waals surface area (Å²) in [5.41, 5.74) is 1.58. The average molecular weight is 492 g/mol. The Morgan fingerprint density at radius 1 is 1.03 bits per heavy atom. The Labute approximate surface area is 193 Å². The summed E-state index contributed by atoms with van der Waals surface area (Å²) in [7, 11) is -4.30. The molecule has 1 N–H and O–H groups in total. The maximum atomic E-state index is 13.9. The molecule has 3 aromatic carbocycles. The molecule has 0 aliphatic rings. The third-order valence-electron chi connectivity index (χ3n) is 5.07. The minimum absolute atomic E-state index is 0.0344. The van der Waals surface area contributed by atoms with E-state index in [1.807, 2.05) is 0 Å². The van der Waals surface area contributed by atoms with Crippen molar-refractivity contribution in [3.05, 3.63) is 88.3 Å². The van der Waals surface area contributed by atoms with Crippen molar-refractivity contribution in [2.24, 2.45) is 0 Å². The summed E-state index contributed by atoms with van der Waals surface area (Å²) in [6, 6.07) is 15.6. The first-order valence-corrected chi connectivity index (χ1v) is 11.7. The number of aryl methyl sites for hydroxylation is 1. The number of nitrogens with zero attached hydrogens (tertiary/aromatic N) is 1. The predicted molar refractivity (Wildman–Crippen MR) is 122 cm³/mol. The average Bonchev–Trinajstić information content (AvgIpc) is 3.13. The van der Waals surface area contributed by atoms with Gasteiger partial charge in [-0.05, 0) is 41.8 Å². The van der Waals surface area contributed by atoms with E-state index in [9.17, 15) is 17.6 Å². The van der Waals surface area contributed by atoms with Crippen molar-refractivity contribution in [2.45, 2.75) is 17.7 Å². The Morgan fingerprint density at radius 2 is 1.75 bits per heavy atom. The second-order valence-corrected chi connectivity index (χ2v) is 9.65. The second-order valence-electron chi connectivity index (χ2n) is 7.11. The predicted octanol–water partition coefficient (Wildman–Crippen LogP) is 6.01. The first kappa shape index (κ1) is 22.3. The maximum absolute atomic E-state index is 13.9. The number of aliphatic carboxylic acids is 1. The molecule has 4 aromatic rings. The van der Waals surface area contributed by atoms with E-state index in [2.05, 4.69) is 0 Å². The lowest BCUT2D eigenvalue weighted by Crippen LogP contribution is -2.14. The van der Waals surface area contributed by atoms with E-state index < -0.39 is 21.8 Å². The zero-order valence-corrected chi connectivity index (χ0v) is 18.8. The van der Waals surface area contributed by atoms with E-state index in [0.717, 1.165) is 10.0 Å². The molecule has 0 aliphatic heterocycles. The third kappa shape index (κ3) is 3.99. The normalized spacial score (nSPS) is 11.7. The van der Waals surface area contributed by atoms with Crippen molar-refractivity contribution < 1.29 is 22.7 Å². The molecule has 0 saturated heterocycles. The van der Waals surface area contributed by atoms with E-state index in [4.69, 9.17) is 28.3 Å². The van der Waals surface area contributed by atoms with Crippen LogP contribution in [0.1, 0.15) is 12.0 Å². The highest BCUT2D eigenvalue weighted by atomic mass is 35.5. The van der Waals surface area contributed by atoms with Crippen LogP contribution in [0.2, 0.25) is 10.0 Å². The van der Waals surface area contributed by atoms with Gasteiger partial charge in [-0.2, -0.15) is 0 Å². The Kier molecular flexibility index (Phi) is 5.99. The fourth-order valence-electron chi connectivity index (χ4n) is 3.61. The van der Waals surface area contributed by atoms with Crippen molar-refractivity contribution in [1.29, 1.82) is 0 Å². The molecule has 0 saturated carbocycles. The van der Waals surface area contributed by atoms with Gasteiger partial charge in [0.2, 0.25) is 0 Å². The Balaban J connectivity index is 2.00. The lowest BCUT2D eigenvalue weighted by atomic mass is 10.1. The SMILES string of the molecule is O=C(O)CCc1cn(S(=O)(=O)c2c(-c3ccccc3)ccc(Cl)c2Cl)c2ccc(F)cc12. The highest BCUT2D eigenvalue weighted by Crippen LogP contribution is 2.40. The molecule has 5 nitrogen and oxygen atoms in total. The molecule has 0 bridgehead atoms. The summed E-state index contributed by atoms with van der Waals surface area (Å²) in [5.74, 6) is -1.61. The topological polar surface area (TPSA) is 76.4 Å². The largest absolute Gasteiger partial charge is 0.481 e. The van der Waals surface area contributed by atoms with Gasteiger partial charge in [0, 0.05) is 23.6 Å². The minimum atomic E-state index is -4.30. The van der Waals surface area contributed by atoms with E-state index >= 15 is 0 Å². The van der Waals surface area contributed by atoms with E-state index in [1.54, 1.807) is 36.4 Å². The molecular formula is C23H16Cl2FNO4S. The lowest BCUT2D eigenvalue weighted by Gasteiger charge is -2.15. The zero-order chi connectivity index (χ0) is 23.0. The molecule has 0 radical (unpaired) electrons. The standard InChI is InChI=1S/C23H16Cl2FNO4S/c24-19-9-8-17(14-4-2-1-3-5-14)23(22(19)25)32(30,31)27-13-15(6-11-21(28)29)18-12-16(26)7-10-20(18)27/h1-5,7-10,12-13H,6,11H2,(H,28,29). The van der Waals surface area contributed by atoms with Gasteiger partial charge in [0.25, 0.3) is 10.0 Å². The van der Waals surface area contributed by atoms with Crippen LogP contribution in [0.25, 0.3) is 22.0 Å². The first-order chi connectivity index (χ1) is 15.2. The van der Waals surface area contributed by atoms with Crippen LogP contribution in [-0.2, 0) is 21.2 Å². The van der Waals surface area contributed by atoms with Gasteiger partial charge in [-0.3, -0.25) is 4.79 Å². The highest BCUT2D eigenvalue weighted by Gasteiger charge is 2.29.